The average molecular weight is 327 g/mol. The van der Waals surface area contributed by atoms with Crippen LogP contribution in [0.4, 0.5) is 0 Å². The van der Waals surface area contributed by atoms with Gasteiger partial charge in [0, 0.05) is 39.3 Å². The van der Waals surface area contributed by atoms with Gasteiger partial charge in [-0.1, -0.05) is 6.58 Å². The zero-order chi connectivity index (χ0) is 16.9. The Morgan fingerprint density at radius 1 is 0.696 bits per heavy atom. The van der Waals surface area contributed by atoms with E-state index in [0.29, 0.717) is 65.7 Å². The van der Waals surface area contributed by atoms with Crippen LogP contribution in [0.1, 0.15) is 0 Å². The molecule has 0 saturated carbocycles. The Morgan fingerprint density at radius 2 is 1.04 bits per heavy atom. The van der Waals surface area contributed by atoms with Gasteiger partial charge in [-0.3, -0.25) is 14.4 Å². The third kappa shape index (κ3) is 8.32. The number of nitrogens with zero attached hydrogens (tertiary/aromatic N) is 3. The van der Waals surface area contributed by atoms with E-state index < -0.39 is 0 Å². The van der Waals surface area contributed by atoms with Crippen molar-refractivity contribution < 1.29 is 23.9 Å². The van der Waals surface area contributed by atoms with E-state index in [4.69, 9.17) is 9.47 Å². The molecular weight excluding hydrogens is 302 g/mol. The molecule has 0 aromatic carbocycles. The Labute approximate surface area is 136 Å². The summed E-state index contributed by atoms with van der Waals surface area (Å²) in [6.45, 7) is 7.97. The summed E-state index contributed by atoms with van der Waals surface area (Å²) in [5.74, 6) is 0. The van der Waals surface area contributed by atoms with Gasteiger partial charge in [0.25, 0.3) is 0 Å². The lowest BCUT2D eigenvalue weighted by molar-refractivity contribution is -0.123. The number of hydrogen-bond acceptors (Lipinski definition) is 5. The first-order valence-corrected chi connectivity index (χ1v) is 7.59. The average Bonchev–Trinajstić information content (AvgIpc) is 2.57. The summed E-state index contributed by atoms with van der Waals surface area (Å²) in [6.07, 6.45) is 2.21. The SMILES string of the molecule is C=C1COCCN(C=O)CCN(C=O)CCN(C=O)CCOC1. The lowest BCUT2D eigenvalue weighted by Gasteiger charge is -2.25. The normalized spacial score (nSPS) is 20.2. The maximum absolute atomic E-state index is 11.1. The molecule has 8 nitrogen and oxygen atoms in total. The minimum Gasteiger partial charge on any atom is -0.375 e. The van der Waals surface area contributed by atoms with Crippen LogP contribution in [0.2, 0.25) is 0 Å². The molecular formula is C15H25N3O5. The van der Waals surface area contributed by atoms with E-state index in [-0.39, 0.29) is 0 Å². The summed E-state index contributed by atoms with van der Waals surface area (Å²) in [7, 11) is 0. The van der Waals surface area contributed by atoms with Crippen molar-refractivity contribution in [2.75, 3.05) is 65.7 Å². The molecule has 1 rings (SSSR count). The Hall–Kier alpha value is -1.93. The fraction of sp³-hybridized carbons (Fsp3) is 0.667. The molecule has 1 fully saturated rings. The summed E-state index contributed by atoms with van der Waals surface area (Å²) < 4.78 is 10.9. The van der Waals surface area contributed by atoms with Gasteiger partial charge in [0.2, 0.25) is 19.2 Å². The van der Waals surface area contributed by atoms with Gasteiger partial charge in [-0.25, -0.2) is 0 Å². The summed E-state index contributed by atoms with van der Waals surface area (Å²) in [4.78, 5) is 37.8. The van der Waals surface area contributed by atoms with Crippen LogP contribution in [0.25, 0.3) is 0 Å². The molecule has 0 N–H and O–H groups in total. The van der Waals surface area contributed by atoms with E-state index >= 15 is 0 Å². The van der Waals surface area contributed by atoms with Crippen LogP contribution < -0.4 is 0 Å². The Kier molecular flexibility index (Phi) is 9.65. The topological polar surface area (TPSA) is 79.4 Å². The molecule has 0 radical (unpaired) electrons. The fourth-order valence-corrected chi connectivity index (χ4v) is 2.00. The standard InChI is InChI=1S/C15H25N3O5/c1-15-10-22-8-6-17(13-20)4-2-16(12-19)3-5-18(14-21)7-9-23-11-15/h12-14H,1-11H2. The predicted octanol–water partition coefficient (Wildman–Crippen LogP) is -1.04. The number of ether oxygens (including phenoxy) is 2. The molecule has 130 valence electrons. The number of hydrogen-bond donors (Lipinski definition) is 0. The van der Waals surface area contributed by atoms with Crippen molar-refractivity contribution in [1.82, 2.24) is 14.7 Å². The van der Waals surface area contributed by atoms with Gasteiger partial charge in [0.05, 0.1) is 26.4 Å². The molecule has 23 heavy (non-hydrogen) atoms. The minimum atomic E-state index is 0.366. The second-order valence-electron chi connectivity index (χ2n) is 5.28. The third-order valence-electron chi connectivity index (χ3n) is 3.45. The monoisotopic (exact) mass is 327 g/mol. The molecule has 0 atom stereocenters. The maximum atomic E-state index is 11.1. The van der Waals surface area contributed by atoms with Crippen molar-refractivity contribution >= 4 is 19.2 Å². The third-order valence-corrected chi connectivity index (χ3v) is 3.45. The van der Waals surface area contributed by atoms with Crippen LogP contribution in [-0.2, 0) is 23.9 Å². The zero-order valence-corrected chi connectivity index (χ0v) is 13.4. The van der Waals surface area contributed by atoms with Gasteiger partial charge in [0.1, 0.15) is 0 Å². The maximum Gasteiger partial charge on any atom is 0.209 e. The highest BCUT2D eigenvalue weighted by Gasteiger charge is 2.09. The van der Waals surface area contributed by atoms with Crippen molar-refractivity contribution in [3.63, 3.8) is 0 Å². The van der Waals surface area contributed by atoms with Gasteiger partial charge in [-0.05, 0) is 5.57 Å². The molecule has 1 aliphatic heterocycles. The quantitative estimate of drug-likeness (QED) is 0.489. The summed E-state index contributed by atoms with van der Waals surface area (Å²) in [5.41, 5.74) is 0.805. The Morgan fingerprint density at radius 3 is 1.39 bits per heavy atom. The first-order valence-electron chi connectivity index (χ1n) is 7.59. The van der Waals surface area contributed by atoms with Gasteiger partial charge in [-0.15, -0.1) is 0 Å². The fourth-order valence-electron chi connectivity index (χ4n) is 2.00. The van der Waals surface area contributed by atoms with E-state index in [1.807, 2.05) is 0 Å². The van der Waals surface area contributed by atoms with E-state index in [2.05, 4.69) is 6.58 Å². The molecule has 1 saturated heterocycles. The highest BCUT2D eigenvalue weighted by molar-refractivity contribution is 5.49. The second-order valence-corrected chi connectivity index (χ2v) is 5.28. The predicted molar refractivity (Wildman–Crippen MR) is 83.7 cm³/mol. The van der Waals surface area contributed by atoms with Gasteiger partial charge >= 0.3 is 0 Å². The number of rotatable bonds is 3. The zero-order valence-electron chi connectivity index (χ0n) is 13.4. The van der Waals surface area contributed by atoms with E-state index in [0.717, 1.165) is 24.8 Å². The Balaban J connectivity index is 2.57. The van der Waals surface area contributed by atoms with Crippen LogP contribution in [0.5, 0.6) is 0 Å². The van der Waals surface area contributed by atoms with E-state index in [9.17, 15) is 14.4 Å². The molecule has 0 aromatic heterocycles. The van der Waals surface area contributed by atoms with Gasteiger partial charge in [-0.2, -0.15) is 0 Å². The molecule has 3 amide bonds. The van der Waals surface area contributed by atoms with Crippen molar-refractivity contribution in [2.45, 2.75) is 0 Å². The molecule has 1 heterocycles. The van der Waals surface area contributed by atoms with Crippen molar-refractivity contribution in [3.8, 4) is 0 Å². The Bertz CT molecular complexity index is 361. The summed E-state index contributed by atoms with van der Waals surface area (Å²) in [5, 5.41) is 0. The highest BCUT2D eigenvalue weighted by Crippen LogP contribution is 1.97. The summed E-state index contributed by atoms with van der Waals surface area (Å²) >= 11 is 0. The number of carbonyl (C=O) groups is 3. The number of amides is 3. The molecule has 8 heteroatoms. The first-order chi connectivity index (χ1) is 11.2. The number of carbonyl (C=O) groups excluding carboxylic acids is 3. The van der Waals surface area contributed by atoms with E-state index in [1.165, 1.54) is 0 Å². The first kappa shape index (κ1) is 19.1. The molecule has 0 unspecified atom stereocenters. The molecule has 0 aliphatic carbocycles. The smallest absolute Gasteiger partial charge is 0.209 e. The van der Waals surface area contributed by atoms with Crippen molar-refractivity contribution in [1.29, 1.82) is 0 Å². The second kappa shape index (κ2) is 11.6. The van der Waals surface area contributed by atoms with Crippen LogP contribution in [0.15, 0.2) is 12.2 Å². The van der Waals surface area contributed by atoms with Gasteiger partial charge in [0.15, 0.2) is 0 Å². The largest absolute Gasteiger partial charge is 0.375 e. The van der Waals surface area contributed by atoms with Crippen LogP contribution in [0.3, 0.4) is 0 Å². The molecule has 0 spiro atoms. The summed E-state index contributed by atoms with van der Waals surface area (Å²) in [6, 6.07) is 0. The molecule has 1 aliphatic rings. The van der Waals surface area contributed by atoms with Crippen LogP contribution in [0, 0.1) is 0 Å². The molecule has 0 bridgehead atoms. The van der Waals surface area contributed by atoms with E-state index in [1.54, 1.807) is 14.7 Å². The van der Waals surface area contributed by atoms with Crippen LogP contribution >= 0.6 is 0 Å². The van der Waals surface area contributed by atoms with Crippen molar-refractivity contribution in [3.05, 3.63) is 12.2 Å². The lowest BCUT2D eigenvalue weighted by atomic mass is 10.3. The lowest BCUT2D eigenvalue weighted by Crippen LogP contribution is -2.40. The molecule has 0 aromatic rings. The van der Waals surface area contributed by atoms with Gasteiger partial charge < -0.3 is 24.2 Å². The van der Waals surface area contributed by atoms with Crippen molar-refractivity contribution in [2.24, 2.45) is 0 Å². The minimum absolute atomic E-state index is 0.366. The highest BCUT2D eigenvalue weighted by atomic mass is 16.5. The van der Waals surface area contributed by atoms with Crippen LogP contribution in [-0.4, -0.2) is 99.6 Å².